The van der Waals surface area contributed by atoms with Crippen LogP contribution in [0.25, 0.3) is 10.2 Å². The number of aromatic nitrogens is 1. The number of fused-ring (bicyclic) bond motifs is 1. The highest BCUT2D eigenvalue weighted by Gasteiger charge is 2.22. The summed E-state index contributed by atoms with van der Waals surface area (Å²) >= 11 is 1.65. The van der Waals surface area contributed by atoms with Gasteiger partial charge in [0.05, 0.1) is 27.7 Å². The Hall–Kier alpha value is -2.20. The Balaban J connectivity index is 1.81. The second-order valence-electron chi connectivity index (χ2n) is 5.42. The number of nitrogens with zero attached hydrogens (tertiary/aromatic N) is 1. The van der Waals surface area contributed by atoms with Gasteiger partial charge in [0, 0.05) is 6.42 Å². The van der Waals surface area contributed by atoms with E-state index in [9.17, 15) is 4.79 Å². The molecular weight excluding hydrogens is 306 g/mol. The molecule has 1 atom stereocenters. The molecule has 1 aromatic heterocycles. The normalized spacial score (nSPS) is 12.2. The number of carbonyl (C=O) groups excluding carboxylic acids is 1. The molecule has 3 aromatic rings. The number of hydrogen-bond donors (Lipinski definition) is 0. The van der Waals surface area contributed by atoms with Crippen molar-refractivity contribution in [3.8, 4) is 0 Å². The van der Waals surface area contributed by atoms with Crippen molar-refractivity contribution in [1.29, 1.82) is 0 Å². The van der Waals surface area contributed by atoms with E-state index in [1.165, 1.54) is 0 Å². The molecule has 118 valence electrons. The van der Waals surface area contributed by atoms with Gasteiger partial charge in [-0.25, -0.2) is 4.98 Å². The summed E-state index contributed by atoms with van der Waals surface area (Å²) < 4.78 is 6.42. The molecule has 0 fully saturated rings. The molecule has 0 aliphatic heterocycles. The van der Waals surface area contributed by atoms with E-state index >= 15 is 0 Å². The van der Waals surface area contributed by atoms with Crippen LogP contribution in [0.5, 0.6) is 0 Å². The van der Waals surface area contributed by atoms with Crippen molar-refractivity contribution in [3.63, 3.8) is 0 Å². The fourth-order valence-electron chi connectivity index (χ4n) is 2.62. The van der Waals surface area contributed by atoms with Gasteiger partial charge in [0.2, 0.25) is 0 Å². The van der Waals surface area contributed by atoms with Crippen molar-refractivity contribution < 1.29 is 9.53 Å². The quantitative estimate of drug-likeness (QED) is 0.636. The third-order valence-corrected chi connectivity index (χ3v) is 4.76. The fraction of sp³-hybridized carbons (Fsp3) is 0.263. The van der Waals surface area contributed by atoms with E-state index in [0.29, 0.717) is 19.4 Å². The molecule has 4 heteroatoms. The molecule has 23 heavy (non-hydrogen) atoms. The van der Waals surface area contributed by atoms with E-state index in [-0.39, 0.29) is 11.9 Å². The van der Waals surface area contributed by atoms with Gasteiger partial charge in [-0.1, -0.05) is 42.5 Å². The van der Waals surface area contributed by atoms with Crippen LogP contribution in [0.3, 0.4) is 0 Å². The smallest absolute Gasteiger partial charge is 0.309 e. The van der Waals surface area contributed by atoms with Gasteiger partial charge in [-0.05, 0) is 31.0 Å². The van der Waals surface area contributed by atoms with E-state index in [2.05, 4.69) is 11.1 Å². The van der Waals surface area contributed by atoms with Gasteiger partial charge >= 0.3 is 5.97 Å². The van der Waals surface area contributed by atoms with Crippen molar-refractivity contribution in [1.82, 2.24) is 4.98 Å². The Labute approximate surface area is 139 Å². The molecule has 0 saturated heterocycles. The number of rotatable bonds is 6. The molecule has 0 radical (unpaired) electrons. The lowest BCUT2D eigenvalue weighted by molar-refractivity contribution is -0.147. The summed E-state index contributed by atoms with van der Waals surface area (Å²) in [5, 5.41) is 0.986. The van der Waals surface area contributed by atoms with Crippen molar-refractivity contribution in [2.45, 2.75) is 19.8 Å². The molecule has 0 unspecified atom stereocenters. The first-order chi connectivity index (χ1) is 11.3. The van der Waals surface area contributed by atoms with Gasteiger partial charge in [0.1, 0.15) is 0 Å². The van der Waals surface area contributed by atoms with E-state index in [1.807, 2.05) is 55.5 Å². The van der Waals surface area contributed by atoms with Gasteiger partial charge in [-0.3, -0.25) is 4.79 Å². The van der Waals surface area contributed by atoms with Gasteiger partial charge < -0.3 is 4.74 Å². The second-order valence-corrected chi connectivity index (χ2v) is 6.53. The molecule has 0 aliphatic carbocycles. The Morgan fingerprint density at radius 2 is 1.83 bits per heavy atom. The van der Waals surface area contributed by atoms with Crippen molar-refractivity contribution in [2.24, 2.45) is 5.92 Å². The highest BCUT2D eigenvalue weighted by molar-refractivity contribution is 7.18. The third-order valence-electron chi connectivity index (χ3n) is 3.70. The fourth-order valence-corrected chi connectivity index (χ4v) is 3.66. The van der Waals surface area contributed by atoms with Crippen LogP contribution >= 0.6 is 11.3 Å². The number of benzene rings is 2. The molecular formula is C19H19NO2S. The lowest BCUT2D eigenvalue weighted by atomic mass is 9.96. The van der Waals surface area contributed by atoms with Gasteiger partial charge in [-0.15, -0.1) is 11.3 Å². The first-order valence-electron chi connectivity index (χ1n) is 7.81. The summed E-state index contributed by atoms with van der Waals surface area (Å²) in [7, 11) is 0. The molecule has 0 aliphatic rings. The number of thiazole rings is 1. The molecule has 0 saturated carbocycles. The van der Waals surface area contributed by atoms with E-state index < -0.39 is 0 Å². The first-order valence-corrected chi connectivity index (χ1v) is 8.63. The number of hydrogen-bond acceptors (Lipinski definition) is 4. The third kappa shape index (κ3) is 3.96. The zero-order valence-corrected chi connectivity index (χ0v) is 13.9. The van der Waals surface area contributed by atoms with Crippen LogP contribution in [-0.4, -0.2) is 17.6 Å². The number of esters is 1. The minimum absolute atomic E-state index is 0.143. The summed E-state index contributed by atoms with van der Waals surface area (Å²) in [5.41, 5.74) is 2.14. The Kier molecular flexibility index (Phi) is 5.03. The zero-order chi connectivity index (χ0) is 16.1. The standard InChI is InChI=1S/C19H19NO2S/c1-2-22-19(21)15(12-14-8-4-3-5-9-14)13-18-20-16-10-6-7-11-17(16)23-18/h3-11,15H,2,12-13H2,1H3/t15-/m1/s1. The summed E-state index contributed by atoms with van der Waals surface area (Å²) in [6, 6.07) is 18.1. The van der Waals surface area contributed by atoms with Crippen LogP contribution in [0.15, 0.2) is 54.6 Å². The number of ether oxygens (including phenoxy) is 1. The molecule has 0 bridgehead atoms. The largest absolute Gasteiger partial charge is 0.466 e. The Bertz CT molecular complexity index is 749. The highest BCUT2D eigenvalue weighted by atomic mass is 32.1. The summed E-state index contributed by atoms with van der Waals surface area (Å²) in [6.07, 6.45) is 1.29. The van der Waals surface area contributed by atoms with Crippen LogP contribution in [-0.2, 0) is 22.4 Å². The highest BCUT2D eigenvalue weighted by Crippen LogP contribution is 2.25. The van der Waals surface area contributed by atoms with Gasteiger partial charge in [0.25, 0.3) is 0 Å². The van der Waals surface area contributed by atoms with E-state index in [0.717, 1.165) is 20.8 Å². The lowest BCUT2D eigenvalue weighted by Crippen LogP contribution is -2.22. The Morgan fingerprint density at radius 3 is 2.57 bits per heavy atom. The van der Waals surface area contributed by atoms with Crippen molar-refractivity contribution >= 4 is 27.5 Å². The molecule has 0 spiro atoms. The monoisotopic (exact) mass is 325 g/mol. The maximum atomic E-state index is 12.3. The summed E-state index contributed by atoms with van der Waals surface area (Å²) in [4.78, 5) is 17.0. The average molecular weight is 325 g/mol. The SMILES string of the molecule is CCOC(=O)[C@H](Cc1ccccc1)Cc1nc2ccccc2s1. The summed E-state index contributed by atoms with van der Waals surface area (Å²) in [5.74, 6) is -0.339. The van der Waals surface area contributed by atoms with Crippen molar-refractivity contribution in [3.05, 3.63) is 65.2 Å². The van der Waals surface area contributed by atoms with Crippen LogP contribution in [0.1, 0.15) is 17.5 Å². The number of carbonyl (C=O) groups is 1. The molecule has 2 aromatic carbocycles. The maximum absolute atomic E-state index is 12.3. The first kappa shape index (κ1) is 15.7. The van der Waals surface area contributed by atoms with Crippen LogP contribution in [0.4, 0.5) is 0 Å². The van der Waals surface area contributed by atoms with Crippen LogP contribution in [0.2, 0.25) is 0 Å². The Morgan fingerprint density at radius 1 is 1.09 bits per heavy atom. The second kappa shape index (κ2) is 7.38. The maximum Gasteiger partial charge on any atom is 0.309 e. The van der Waals surface area contributed by atoms with Gasteiger partial charge in [-0.2, -0.15) is 0 Å². The minimum Gasteiger partial charge on any atom is -0.466 e. The average Bonchev–Trinajstić information content (AvgIpc) is 2.98. The van der Waals surface area contributed by atoms with E-state index in [4.69, 9.17) is 4.74 Å². The molecule has 1 heterocycles. The van der Waals surface area contributed by atoms with E-state index in [1.54, 1.807) is 11.3 Å². The van der Waals surface area contributed by atoms with Crippen LogP contribution in [0, 0.1) is 5.92 Å². The lowest BCUT2D eigenvalue weighted by Gasteiger charge is -2.14. The predicted octanol–water partition coefficient (Wildman–Crippen LogP) is 4.26. The summed E-state index contributed by atoms with van der Waals surface area (Å²) in [6.45, 7) is 2.25. The molecule has 0 N–H and O–H groups in total. The van der Waals surface area contributed by atoms with Gasteiger partial charge in [0.15, 0.2) is 0 Å². The molecule has 0 amide bonds. The molecule has 3 rings (SSSR count). The van der Waals surface area contributed by atoms with Crippen LogP contribution < -0.4 is 0 Å². The minimum atomic E-state index is -0.196. The van der Waals surface area contributed by atoms with Crippen molar-refractivity contribution in [2.75, 3.05) is 6.61 Å². The molecule has 3 nitrogen and oxygen atoms in total. The zero-order valence-electron chi connectivity index (χ0n) is 13.1. The number of para-hydroxylation sites is 1. The topological polar surface area (TPSA) is 39.2 Å². The predicted molar refractivity (Wildman–Crippen MR) is 93.6 cm³/mol.